The molecule has 0 fully saturated rings. The van der Waals surface area contributed by atoms with Crippen molar-refractivity contribution in [3.8, 4) is 0 Å². The lowest BCUT2D eigenvalue weighted by Crippen LogP contribution is -2.11. The lowest BCUT2D eigenvalue weighted by atomic mass is 10.1. The molecule has 2 nitrogen and oxygen atoms in total. The topological polar surface area (TPSA) is 16.1 Å². The van der Waals surface area contributed by atoms with Crippen molar-refractivity contribution in [1.29, 1.82) is 0 Å². The zero-order chi connectivity index (χ0) is 14.8. The van der Waals surface area contributed by atoms with Gasteiger partial charge in [0.1, 0.15) is 5.82 Å². The smallest absolute Gasteiger partial charge is 0.125 e. The highest BCUT2D eigenvalue weighted by molar-refractivity contribution is 6.17. The predicted octanol–water partition coefficient (Wildman–Crippen LogP) is 4.88. The number of fused-ring (bicyclic) bond motifs is 1. The van der Waals surface area contributed by atoms with Crippen molar-refractivity contribution in [2.45, 2.75) is 5.88 Å². The number of aromatic nitrogens is 1. The van der Waals surface area contributed by atoms with Crippen LogP contribution in [0, 0.1) is 5.82 Å². The van der Waals surface area contributed by atoms with Crippen LogP contribution in [-0.4, -0.2) is 12.0 Å². The Hall–Kier alpha value is -2.13. The summed E-state index contributed by atoms with van der Waals surface area (Å²) in [5, 5.41) is 1.01. The predicted molar refractivity (Wildman–Crippen MR) is 85.8 cm³/mol. The fourth-order valence-corrected chi connectivity index (χ4v) is 2.52. The van der Waals surface area contributed by atoms with Gasteiger partial charge in [-0.25, -0.2) is 4.39 Å². The normalized spacial score (nSPS) is 10.8. The summed E-state index contributed by atoms with van der Waals surface area (Å²) in [4.78, 5) is 6.46. The SMILES string of the molecule is CN(c1cccc(F)c1)c1cc(CCl)nc2ccccc12. The van der Waals surface area contributed by atoms with Gasteiger partial charge in [0.05, 0.1) is 22.8 Å². The van der Waals surface area contributed by atoms with Gasteiger partial charge in [0.25, 0.3) is 0 Å². The summed E-state index contributed by atoms with van der Waals surface area (Å²) in [5.41, 5.74) is 3.43. The number of hydrogen-bond donors (Lipinski definition) is 0. The number of pyridine rings is 1. The maximum atomic E-state index is 13.4. The van der Waals surface area contributed by atoms with Crippen LogP contribution in [0.25, 0.3) is 10.9 Å². The van der Waals surface area contributed by atoms with E-state index < -0.39 is 0 Å². The van der Waals surface area contributed by atoms with Gasteiger partial charge in [-0.2, -0.15) is 0 Å². The molecule has 0 radical (unpaired) electrons. The van der Waals surface area contributed by atoms with Gasteiger partial charge in [-0.05, 0) is 30.3 Å². The van der Waals surface area contributed by atoms with Crippen LogP contribution in [0.15, 0.2) is 54.6 Å². The second kappa shape index (κ2) is 5.70. The highest BCUT2D eigenvalue weighted by Gasteiger charge is 2.11. The molecule has 2 aromatic carbocycles. The molecule has 0 atom stereocenters. The van der Waals surface area contributed by atoms with E-state index in [4.69, 9.17) is 11.6 Å². The number of para-hydroxylation sites is 1. The van der Waals surface area contributed by atoms with E-state index in [-0.39, 0.29) is 5.82 Å². The summed E-state index contributed by atoms with van der Waals surface area (Å²) < 4.78 is 13.4. The minimum absolute atomic E-state index is 0.254. The average Bonchev–Trinajstić information content (AvgIpc) is 2.53. The van der Waals surface area contributed by atoms with Crippen LogP contribution in [-0.2, 0) is 5.88 Å². The molecule has 106 valence electrons. The molecule has 3 aromatic rings. The van der Waals surface area contributed by atoms with E-state index in [2.05, 4.69) is 4.98 Å². The summed E-state index contributed by atoms with van der Waals surface area (Å²) in [6.45, 7) is 0. The Kier molecular flexibility index (Phi) is 3.76. The first-order valence-corrected chi connectivity index (χ1v) is 7.16. The fourth-order valence-electron chi connectivity index (χ4n) is 2.38. The second-order valence-corrected chi connectivity index (χ2v) is 5.09. The van der Waals surface area contributed by atoms with Gasteiger partial charge in [-0.15, -0.1) is 11.6 Å². The van der Waals surface area contributed by atoms with Crippen LogP contribution in [0.4, 0.5) is 15.8 Å². The third-order valence-electron chi connectivity index (χ3n) is 3.44. The Morgan fingerprint density at radius 1 is 1.10 bits per heavy atom. The van der Waals surface area contributed by atoms with E-state index in [9.17, 15) is 4.39 Å². The quantitative estimate of drug-likeness (QED) is 0.641. The molecule has 21 heavy (non-hydrogen) atoms. The number of halogens is 2. The summed E-state index contributed by atoms with van der Waals surface area (Å²) in [6, 6.07) is 16.3. The van der Waals surface area contributed by atoms with Gasteiger partial charge >= 0.3 is 0 Å². The molecule has 0 unspecified atom stereocenters. The van der Waals surface area contributed by atoms with E-state index in [0.29, 0.717) is 5.88 Å². The molecular formula is C17H14ClFN2. The fraction of sp³-hybridized carbons (Fsp3) is 0.118. The van der Waals surface area contributed by atoms with Gasteiger partial charge in [-0.3, -0.25) is 4.98 Å². The minimum Gasteiger partial charge on any atom is -0.344 e. The van der Waals surface area contributed by atoms with Gasteiger partial charge in [0, 0.05) is 18.1 Å². The van der Waals surface area contributed by atoms with Gasteiger partial charge in [0.15, 0.2) is 0 Å². The highest BCUT2D eigenvalue weighted by atomic mass is 35.5. The summed E-state index contributed by atoms with van der Waals surface area (Å²) in [6.07, 6.45) is 0. The van der Waals surface area contributed by atoms with E-state index >= 15 is 0 Å². The number of nitrogens with zero attached hydrogens (tertiary/aromatic N) is 2. The van der Waals surface area contributed by atoms with Crippen LogP contribution >= 0.6 is 11.6 Å². The van der Waals surface area contributed by atoms with E-state index in [1.807, 2.05) is 48.3 Å². The van der Waals surface area contributed by atoms with Crippen molar-refractivity contribution in [2.75, 3.05) is 11.9 Å². The van der Waals surface area contributed by atoms with Crippen molar-refractivity contribution in [3.63, 3.8) is 0 Å². The average molecular weight is 301 g/mol. The maximum Gasteiger partial charge on any atom is 0.125 e. The third kappa shape index (κ3) is 2.69. The van der Waals surface area contributed by atoms with Crippen LogP contribution in [0.1, 0.15) is 5.69 Å². The molecule has 0 spiro atoms. The number of anilines is 2. The number of hydrogen-bond acceptors (Lipinski definition) is 2. The molecule has 0 saturated carbocycles. The highest BCUT2D eigenvalue weighted by Crippen LogP contribution is 2.31. The van der Waals surface area contributed by atoms with Crippen molar-refractivity contribution >= 4 is 33.9 Å². The second-order valence-electron chi connectivity index (χ2n) is 4.82. The van der Waals surface area contributed by atoms with Gasteiger partial charge in [-0.1, -0.05) is 24.3 Å². The number of alkyl halides is 1. The Labute approximate surface area is 127 Å². The molecule has 4 heteroatoms. The first-order chi connectivity index (χ1) is 10.2. The summed E-state index contributed by atoms with van der Waals surface area (Å²) in [5.74, 6) is 0.0877. The lowest BCUT2D eigenvalue weighted by molar-refractivity contribution is 0.628. The molecular weight excluding hydrogens is 287 g/mol. The van der Waals surface area contributed by atoms with Crippen LogP contribution in [0.5, 0.6) is 0 Å². The molecule has 1 heterocycles. The van der Waals surface area contributed by atoms with E-state index in [1.54, 1.807) is 6.07 Å². The third-order valence-corrected chi connectivity index (χ3v) is 3.71. The summed E-state index contributed by atoms with van der Waals surface area (Å²) >= 11 is 5.93. The monoisotopic (exact) mass is 300 g/mol. The first kappa shape index (κ1) is 13.8. The Morgan fingerprint density at radius 2 is 1.90 bits per heavy atom. The zero-order valence-corrected chi connectivity index (χ0v) is 12.3. The Balaban J connectivity index is 2.18. The molecule has 1 aromatic heterocycles. The molecule has 0 aliphatic rings. The molecule has 0 saturated heterocycles. The minimum atomic E-state index is -0.254. The van der Waals surface area contributed by atoms with Crippen LogP contribution in [0.2, 0.25) is 0 Å². The molecule has 0 N–H and O–H groups in total. The zero-order valence-electron chi connectivity index (χ0n) is 11.6. The number of rotatable bonds is 3. The van der Waals surface area contributed by atoms with Crippen molar-refractivity contribution in [2.24, 2.45) is 0 Å². The lowest BCUT2D eigenvalue weighted by Gasteiger charge is -2.22. The molecule has 0 amide bonds. The molecule has 3 rings (SSSR count). The first-order valence-electron chi connectivity index (χ1n) is 6.63. The van der Waals surface area contributed by atoms with Gasteiger partial charge in [0.2, 0.25) is 0 Å². The van der Waals surface area contributed by atoms with Crippen molar-refractivity contribution in [3.05, 3.63) is 66.1 Å². The summed E-state index contributed by atoms with van der Waals surface area (Å²) in [7, 11) is 1.91. The Morgan fingerprint density at radius 3 is 2.67 bits per heavy atom. The van der Waals surface area contributed by atoms with E-state index in [0.717, 1.165) is 28.0 Å². The molecule has 0 aliphatic heterocycles. The van der Waals surface area contributed by atoms with Crippen LogP contribution < -0.4 is 4.90 Å². The largest absolute Gasteiger partial charge is 0.344 e. The van der Waals surface area contributed by atoms with Crippen molar-refractivity contribution < 1.29 is 4.39 Å². The van der Waals surface area contributed by atoms with Gasteiger partial charge < -0.3 is 4.90 Å². The molecule has 0 aliphatic carbocycles. The standard InChI is InChI=1S/C17H14ClFN2/c1-21(14-6-4-5-12(19)9-14)17-10-13(11-18)20-16-8-3-2-7-15(16)17/h2-10H,11H2,1H3. The maximum absolute atomic E-state index is 13.4. The van der Waals surface area contributed by atoms with Crippen molar-refractivity contribution in [1.82, 2.24) is 4.98 Å². The van der Waals surface area contributed by atoms with Crippen LogP contribution in [0.3, 0.4) is 0 Å². The molecule has 0 bridgehead atoms. The Bertz CT molecular complexity index is 789. The number of benzene rings is 2. The van der Waals surface area contributed by atoms with E-state index in [1.165, 1.54) is 12.1 Å².